The summed E-state index contributed by atoms with van der Waals surface area (Å²) in [4.78, 5) is 27.2. The molecule has 2 aromatic heterocycles. The molecule has 2 aliphatic rings. The molecule has 5 rings (SSSR count). The Kier molecular flexibility index (Phi) is 6.30. The van der Waals surface area contributed by atoms with Gasteiger partial charge in [-0.2, -0.15) is 0 Å². The maximum atomic E-state index is 15.5. The number of guanidine groups is 1. The van der Waals surface area contributed by atoms with Crippen LogP contribution in [0.25, 0.3) is 0 Å². The second kappa shape index (κ2) is 9.24. The van der Waals surface area contributed by atoms with Gasteiger partial charge in [0.15, 0.2) is 12.2 Å². The molecule has 0 bridgehead atoms. The van der Waals surface area contributed by atoms with Crippen molar-refractivity contribution < 1.29 is 26.4 Å². The van der Waals surface area contributed by atoms with Crippen molar-refractivity contribution in [3.8, 4) is 0 Å². The molecule has 0 aliphatic carbocycles. The summed E-state index contributed by atoms with van der Waals surface area (Å²) >= 11 is 0. The number of aromatic nitrogens is 2. The number of Topliss-reactive ketones (excluding diaryl/α,β-unsaturated/α-hetero) is 1. The number of carbonyl (C=O) groups excluding carboxylic acids is 1. The molecule has 1 aromatic carbocycles. The van der Waals surface area contributed by atoms with Gasteiger partial charge >= 0.3 is 0 Å². The van der Waals surface area contributed by atoms with Crippen LogP contribution in [0.15, 0.2) is 58.6 Å². The number of aliphatic imine (C=N–C) groups is 1. The maximum absolute atomic E-state index is 15.5. The lowest BCUT2D eigenvalue weighted by Crippen LogP contribution is -2.66. The van der Waals surface area contributed by atoms with Crippen LogP contribution in [0.5, 0.6) is 0 Å². The third-order valence-electron chi connectivity index (χ3n) is 7.52. The SMILES string of the molecule is CN1C(N)=N[C@](C)(c2cc(CC(=O)c3ccc(F)cn3)ccc2F)[C@]2(CCN(Cc3cocn3)C2)S1(=O)=O. The van der Waals surface area contributed by atoms with Gasteiger partial charge in [0.25, 0.3) is 0 Å². The van der Waals surface area contributed by atoms with Crippen LogP contribution >= 0.6 is 0 Å². The summed E-state index contributed by atoms with van der Waals surface area (Å²) in [7, 11) is -2.77. The van der Waals surface area contributed by atoms with Crippen molar-refractivity contribution in [3.63, 3.8) is 0 Å². The zero-order valence-corrected chi connectivity index (χ0v) is 21.6. The van der Waals surface area contributed by atoms with Gasteiger partial charge < -0.3 is 10.2 Å². The average molecular weight is 545 g/mol. The molecule has 0 unspecified atom stereocenters. The zero-order chi connectivity index (χ0) is 27.3. The number of carbonyl (C=O) groups is 1. The van der Waals surface area contributed by atoms with E-state index in [2.05, 4.69) is 15.0 Å². The van der Waals surface area contributed by atoms with E-state index in [4.69, 9.17) is 10.2 Å². The van der Waals surface area contributed by atoms with Crippen molar-refractivity contribution >= 4 is 21.8 Å². The number of likely N-dealkylation sites (tertiary alicyclic amines) is 1. The Morgan fingerprint density at radius 3 is 2.68 bits per heavy atom. The van der Waals surface area contributed by atoms with Crippen LogP contribution in [0, 0.1) is 11.6 Å². The van der Waals surface area contributed by atoms with Crippen LogP contribution in [-0.4, -0.2) is 64.2 Å². The molecule has 10 nitrogen and oxygen atoms in total. The fraction of sp³-hybridized carbons (Fsp3) is 0.360. The van der Waals surface area contributed by atoms with E-state index in [9.17, 15) is 17.6 Å². The fourth-order valence-corrected chi connectivity index (χ4v) is 7.53. The first kappa shape index (κ1) is 25.9. The van der Waals surface area contributed by atoms with Crippen molar-refractivity contribution in [2.45, 2.75) is 36.6 Å². The molecule has 0 radical (unpaired) electrons. The minimum Gasteiger partial charge on any atom is -0.451 e. The number of rotatable bonds is 6. The number of hydrogen-bond acceptors (Lipinski definition) is 9. The number of nitrogens with zero attached hydrogens (tertiary/aromatic N) is 5. The number of oxazole rings is 1. The molecule has 4 heterocycles. The molecule has 200 valence electrons. The normalized spacial score (nSPS) is 25.1. The lowest BCUT2D eigenvalue weighted by atomic mass is 9.77. The molecular weight excluding hydrogens is 518 g/mol. The average Bonchev–Trinajstić information content (AvgIpc) is 3.55. The third-order valence-corrected chi connectivity index (χ3v) is 10.1. The summed E-state index contributed by atoms with van der Waals surface area (Å²) in [5.74, 6) is -1.91. The van der Waals surface area contributed by atoms with Crippen LogP contribution in [0.4, 0.5) is 8.78 Å². The van der Waals surface area contributed by atoms with Gasteiger partial charge in [-0.1, -0.05) is 6.07 Å². The lowest BCUT2D eigenvalue weighted by molar-refractivity contribution is 0.0988. The zero-order valence-electron chi connectivity index (χ0n) is 20.8. The molecular formula is C25H26F2N6O4S. The van der Waals surface area contributed by atoms with Crippen LogP contribution in [0.3, 0.4) is 0 Å². The Hall–Kier alpha value is -3.71. The summed E-state index contributed by atoms with van der Waals surface area (Å²) in [6.45, 7) is 2.34. The minimum absolute atomic E-state index is 0.0118. The second-order valence-corrected chi connectivity index (χ2v) is 12.0. The molecule has 1 fully saturated rings. The highest BCUT2D eigenvalue weighted by Crippen LogP contribution is 2.51. The van der Waals surface area contributed by atoms with Gasteiger partial charge in [-0.3, -0.25) is 14.7 Å². The van der Waals surface area contributed by atoms with Crippen molar-refractivity contribution in [1.29, 1.82) is 0 Å². The number of hydrogen-bond donors (Lipinski definition) is 1. The van der Waals surface area contributed by atoms with Gasteiger partial charge in [0.1, 0.15) is 33.9 Å². The molecule has 2 aliphatic heterocycles. The van der Waals surface area contributed by atoms with E-state index in [1.54, 1.807) is 6.92 Å². The van der Waals surface area contributed by atoms with E-state index in [0.29, 0.717) is 24.3 Å². The number of halogens is 2. The Morgan fingerprint density at radius 2 is 2.00 bits per heavy atom. The highest BCUT2D eigenvalue weighted by atomic mass is 32.2. The summed E-state index contributed by atoms with van der Waals surface area (Å²) in [5, 5.41) is 0. The Bertz CT molecular complexity index is 1510. The van der Waals surface area contributed by atoms with Crippen molar-refractivity contribution in [2.24, 2.45) is 10.7 Å². The van der Waals surface area contributed by atoms with Gasteiger partial charge in [0.2, 0.25) is 16.0 Å². The molecule has 1 saturated heterocycles. The molecule has 13 heteroatoms. The first-order chi connectivity index (χ1) is 18.0. The number of pyridine rings is 1. The third kappa shape index (κ3) is 4.06. The minimum atomic E-state index is -4.11. The Morgan fingerprint density at radius 1 is 1.21 bits per heavy atom. The van der Waals surface area contributed by atoms with Gasteiger partial charge in [0.05, 0.1) is 11.9 Å². The van der Waals surface area contributed by atoms with E-state index in [1.165, 1.54) is 44.0 Å². The quantitative estimate of drug-likeness (QED) is 0.467. The monoisotopic (exact) mass is 544 g/mol. The molecule has 0 saturated carbocycles. The van der Waals surface area contributed by atoms with Crippen LogP contribution in [0.1, 0.15) is 40.7 Å². The van der Waals surface area contributed by atoms with E-state index < -0.39 is 37.7 Å². The van der Waals surface area contributed by atoms with Crippen molar-refractivity contribution in [2.75, 3.05) is 20.1 Å². The van der Waals surface area contributed by atoms with E-state index in [-0.39, 0.29) is 36.6 Å². The van der Waals surface area contributed by atoms with Crippen LogP contribution < -0.4 is 5.73 Å². The molecule has 38 heavy (non-hydrogen) atoms. The summed E-state index contributed by atoms with van der Waals surface area (Å²) in [6, 6.07) is 6.49. The number of nitrogens with two attached hydrogens (primary N) is 1. The highest BCUT2D eigenvalue weighted by Gasteiger charge is 2.66. The largest absolute Gasteiger partial charge is 0.451 e. The van der Waals surface area contributed by atoms with Crippen molar-refractivity contribution in [3.05, 3.63) is 83.3 Å². The molecule has 3 aromatic rings. The number of benzene rings is 1. The smallest absolute Gasteiger partial charge is 0.247 e. The maximum Gasteiger partial charge on any atom is 0.247 e. The van der Waals surface area contributed by atoms with Gasteiger partial charge in [0, 0.05) is 38.7 Å². The summed E-state index contributed by atoms with van der Waals surface area (Å²) in [6.07, 6.45) is 3.73. The summed E-state index contributed by atoms with van der Waals surface area (Å²) < 4.78 is 61.1. The topological polar surface area (TPSA) is 135 Å². The van der Waals surface area contributed by atoms with Crippen LogP contribution in [-0.2, 0) is 28.5 Å². The van der Waals surface area contributed by atoms with E-state index >= 15 is 4.39 Å². The Labute approximate surface area is 218 Å². The predicted molar refractivity (Wildman–Crippen MR) is 133 cm³/mol. The number of sulfonamides is 1. The predicted octanol–water partition coefficient (Wildman–Crippen LogP) is 2.22. The van der Waals surface area contributed by atoms with E-state index in [0.717, 1.165) is 16.6 Å². The van der Waals surface area contributed by atoms with Crippen molar-refractivity contribution in [1.82, 2.24) is 19.2 Å². The molecule has 0 amide bonds. The number of ketones is 1. The lowest BCUT2D eigenvalue weighted by Gasteiger charge is -2.48. The molecule has 1 spiro atoms. The summed E-state index contributed by atoms with van der Waals surface area (Å²) in [5.41, 5.74) is 5.58. The van der Waals surface area contributed by atoms with Gasteiger partial charge in [-0.05, 0) is 43.2 Å². The first-order valence-corrected chi connectivity index (χ1v) is 13.3. The van der Waals surface area contributed by atoms with Gasteiger partial charge in [-0.15, -0.1) is 0 Å². The van der Waals surface area contributed by atoms with Gasteiger partial charge in [-0.25, -0.2) is 31.5 Å². The second-order valence-electron chi connectivity index (χ2n) is 9.73. The standard InChI is InChI=1S/C25H26F2N6O4S/c1-24(19-9-16(3-5-20(19)27)10-22(34)21-6-4-17(26)11-29-21)25(38(35,36)32(2)23(28)31-24)7-8-33(14-25)12-18-13-37-15-30-18/h3-6,9,11,13,15H,7-8,10,12,14H2,1-2H3,(H2,28,31)/t24-,25-/m1/s1. The molecule has 2 N–H and O–H groups in total. The van der Waals surface area contributed by atoms with E-state index in [1.807, 2.05) is 4.90 Å². The first-order valence-electron chi connectivity index (χ1n) is 11.8. The highest BCUT2D eigenvalue weighted by molar-refractivity contribution is 7.91. The van der Waals surface area contributed by atoms with Crippen LogP contribution in [0.2, 0.25) is 0 Å². The Balaban J connectivity index is 1.56. The molecule has 2 atom stereocenters. The fourth-order valence-electron chi connectivity index (χ4n) is 5.36.